The second kappa shape index (κ2) is 7.39. The monoisotopic (exact) mass is 268 g/mol. The smallest absolute Gasteiger partial charge is 0.234 e. The fourth-order valence-corrected chi connectivity index (χ4v) is 1.78. The average Bonchev–Trinajstić information content (AvgIpc) is 3.12. The molecule has 100 valence electrons. The first-order chi connectivity index (χ1) is 8.25. The number of hydrogen-bond donors (Lipinski definition) is 2. The van der Waals surface area contributed by atoms with Crippen LogP contribution >= 0.6 is 12.4 Å². The standard InChI is InChI=1S/C14H20N2O.ClH/c1-11-4-2-3-5-13(11)9-16-14(17)10-15-8-12-6-7-12;/h2-5,12,15H,6-10H2,1H3,(H,16,17);1H. The molecule has 1 amide bonds. The van der Waals surface area contributed by atoms with E-state index >= 15 is 0 Å². The Hall–Kier alpha value is -1.06. The molecule has 0 heterocycles. The second-order valence-corrected chi connectivity index (χ2v) is 4.78. The Morgan fingerprint density at radius 3 is 2.72 bits per heavy atom. The van der Waals surface area contributed by atoms with Gasteiger partial charge in [-0.2, -0.15) is 0 Å². The second-order valence-electron chi connectivity index (χ2n) is 4.78. The molecule has 0 radical (unpaired) electrons. The first-order valence-corrected chi connectivity index (χ1v) is 6.27. The number of hydrogen-bond acceptors (Lipinski definition) is 2. The Balaban J connectivity index is 0.00000162. The van der Waals surface area contributed by atoms with Gasteiger partial charge in [-0.15, -0.1) is 12.4 Å². The SMILES string of the molecule is Cc1ccccc1CNC(=O)CNCC1CC1.Cl. The minimum absolute atomic E-state index is 0. The third-order valence-corrected chi connectivity index (χ3v) is 3.15. The minimum atomic E-state index is 0. The van der Waals surface area contributed by atoms with Crippen LogP contribution in [0.4, 0.5) is 0 Å². The lowest BCUT2D eigenvalue weighted by Gasteiger charge is -2.08. The van der Waals surface area contributed by atoms with Gasteiger partial charge in [0.1, 0.15) is 0 Å². The van der Waals surface area contributed by atoms with Gasteiger partial charge in [-0.1, -0.05) is 24.3 Å². The van der Waals surface area contributed by atoms with Crippen LogP contribution in [0.5, 0.6) is 0 Å². The number of carbonyl (C=O) groups excluding carboxylic acids is 1. The van der Waals surface area contributed by atoms with Gasteiger partial charge in [0.05, 0.1) is 6.54 Å². The predicted molar refractivity (Wildman–Crippen MR) is 75.9 cm³/mol. The van der Waals surface area contributed by atoms with E-state index in [1.165, 1.54) is 24.0 Å². The van der Waals surface area contributed by atoms with Crippen LogP contribution in [0.25, 0.3) is 0 Å². The summed E-state index contributed by atoms with van der Waals surface area (Å²) in [5, 5.41) is 6.12. The van der Waals surface area contributed by atoms with Crippen molar-refractivity contribution in [2.24, 2.45) is 5.92 Å². The van der Waals surface area contributed by atoms with E-state index in [-0.39, 0.29) is 18.3 Å². The summed E-state index contributed by atoms with van der Waals surface area (Å²) in [6, 6.07) is 8.12. The van der Waals surface area contributed by atoms with Crippen LogP contribution in [0, 0.1) is 12.8 Å². The van der Waals surface area contributed by atoms with Gasteiger partial charge in [0, 0.05) is 6.54 Å². The van der Waals surface area contributed by atoms with Crippen molar-refractivity contribution >= 4 is 18.3 Å². The third-order valence-electron chi connectivity index (χ3n) is 3.15. The quantitative estimate of drug-likeness (QED) is 0.829. The maximum absolute atomic E-state index is 11.6. The number of aryl methyl sites for hydroxylation is 1. The predicted octanol–water partition coefficient (Wildman–Crippen LogP) is 2.03. The normalized spacial score (nSPS) is 13.8. The van der Waals surface area contributed by atoms with E-state index < -0.39 is 0 Å². The van der Waals surface area contributed by atoms with Crippen molar-refractivity contribution in [3.05, 3.63) is 35.4 Å². The van der Waals surface area contributed by atoms with Crippen molar-refractivity contribution < 1.29 is 4.79 Å². The molecule has 0 spiro atoms. The van der Waals surface area contributed by atoms with Crippen molar-refractivity contribution in [1.29, 1.82) is 0 Å². The fraction of sp³-hybridized carbons (Fsp3) is 0.500. The van der Waals surface area contributed by atoms with Crippen molar-refractivity contribution in [3.63, 3.8) is 0 Å². The molecule has 1 aliphatic carbocycles. The van der Waals surface area contributed by atoms with Crippen LogP contribution in [0.15, 0.2) is 24.3 Å². The molecular formula is C14H21ClN2O. The molecule has 1 fully saturated rings. The zero-order chi connectivity index (χ0) is 12.1. The molecular weight excluding hydrogens is 248 g/mol. The number of rotatable bonds is 6. The van der Waals surface area contributed by atoms with Crippen LogP contribution < -0.4 is 10.6 Å². The van der Waals surface area contributed by atoms with Crippen molar-refractivity contribution in [2.75, 3.05) is 13.1 Å². The van der Waals surface area contributed by atoms with E-state index in [9.17, 15) is 4.79 Å². The van der Waals surface area contributed by atoms with Crippen molar-refractivity contribution in [3.8, 4) is 0 Å². The summed E-state index contributed by atoms with van der Waals surface area (Å²) in [5.41, 5.74) is 2.40. The Labute approximate surface area is 115 Å². The molecule has 0 bridgehead atoms. The minimum Gasteiger partial charge on any atom is -0.351 e. The van der Waals surface area contributed by atoms with E-state index in [2.05, 4.69) is 23.6 Å². The highest BCUT2D eigenvalue weighted by Crippen LogP contribution is 2.27. The van der Waals surface area contributed by atoms with Gasteiger partial charge in [-0.25, -0.2) is 0 Å². The topological polar surface area (TPSA) is 41.1 Å². The summed E-state index contributed by atoms with van der Waals surface area (Å²) in [6.45, 7) is 4.10. The maximum atomic E-state index is 11.6. The molecule has 2 N–H and O–H groups in total. The van der Waals surface area contributed by atoms with Crippen LogP contribution in [-0.2, 0) is 11.3 Å². The van der Waals surface area contributed by atoms with E-state index in [1.807, 2.05) is 18.2 Å². The van der Waals surface area contributed by atoms with Gasteiger partial charge in [0.2, 0.25) is 5.91 Å². The highest BCUT2D eigenvalue weighted by atomic mass is 35.5. The Morgan fingerprint density at radius 2 is 2.06 bits per heavy atom. The van der Waals surface area contributed by atoms with E-state index in [0.717, 1.165) is 12.5 Å². The molecule has 3 nitrogen and oxygen atoms in total. The van der Waals surface area contributed by atoms with Crippen molar-refractivity contribution in [2.45, 2.75) is 26.3 Å². The van der Waals surface area contributed by atoms with Crippen LogP contribution in [0.1, 0.15) is 24.0 Å². The van der Waals surface area contributed by atoms with E-state index in [4.69, 9.17) is 0 Å². The van der Waals surface area contributed by atoms with Gasteiger partial charge in [0.25, 0.3) is 0 Å². The molecule has 0 saturated heterocycles. The van der Waals surface area contributed by atoms with E-state index in [1.54, 1.807) is 0 Å². The Kier molecular flexibility index (Phi) is 6.16. The Morgan fingerprint density at radius 1 is 1.33 bits per heavy atom. The van der Waals surface area contributed by atoms with Gasteiger partial charge in [-0.05, 0) is 43.4 Å². The molecule has 18 heavy (non-hydrogen) atoms. The number of amides is 1. The summed E-state index contributed by atoms with van der Waals surface area (Å²) in [6.07, 6.45) is 2.63. The average molecular weight is 269 g/mol. The molecule has 4 heteroatoms. The lowest BCUT2D eigenvalue weighted by molar-refractivity contribution is -0.120. The molecule has 0 atom stereocenters. The summed E-state index contributed by atoms with van der Waals surface area (Å²) in [5.74, 6) is 0.896. The van der Waals surface area contributed by atoms with Crippen LogP contribution in [-0.4, -0.2) is 19.0 Å². The first-order valence-electron chi connectivity index (χ1n) is 6.27. The summed E-state index contributed by atoms with van der Waals surface area (Å²) < 4.78 is 0. The summed E-state index contributed by atoms with van der Waals surface area (Å²) in [4.78, 5) is 11.6. The maximum Gasteiger partial charge on any atom is 0.234 e. The lowest BCUT2D eigenvalue weighted by Crippen LogP contribution is -2.34. The van der Waals surface area contributed by atoms with Crippen LogP contribution in [0.2, 0.25) is 0 Å². The van der Waals surface area contributed by atoms with Crippen LogP contribution in [0.3, 0.4) is 0 Å². The van der Waals surface area contributed by atoms with Gasteiger partial charge in [-0.3, -0.25) is 4.79 Å². The summed E-state index contributed by atoms with van der Waals surface area (Å²) in [7, 11) is 0. The highest BCUT2D eigenvalue weighted by molar-refractivity contribution is 5.85. The van der Waals surface area contributed by atoms with Gasteiger partial charge in [0.15, 0.2) is 0 Å². The van der Waals surface area contributed by atoms with Gasteiger partial charge < -0.3 is 10.6 Å². The van der Waals surface area contributed by atoms with Gasteiger partial charge >= 0.3 is 0 Å². The molecule has 0 aromatic heterocycles. The molecule has 1 saturated carbocycles. The molecule has 0 unspecified atom stereocenters. The summed E-state index contributed by atoms with van der Waals surface area (Å²) >= 11 is 0. The number of halogens is 1. The van der Waals surface area contributed by atoms with Crippen molar-refractivity contribution in [1.82, 2.24) is 10.6 Å². The number of nitrogens with one attached hydrogen (secondary N) is 2. The zero-order valence-electron chi connectivity index (χ0n) is 10.7. The molecule has 2 rings (SSSR count). The third kappa shape index (κ3) is 5.07. The first kappa shape index (κ1) is 15.0. The lowest BCUT2D eigenvalue weighted by atomic mass is 10.1. The molecule has 1 aromatic carbocycles. The number of benzene rings is 1. The molecule has 1 aromatic rings. The van der Waals surface area contributed by atoms with E-state index in [0.29, 0.717) is 13.1 Å². The zero-order valence-corrected chi connectivity index (χ0v) is 11.6. The Bertz CT molecular complexity index is 391. The fourth-order valence-electron chi connectivity index (χ4n) is 1.78. The largest absolute Gasteiger partial charge is 0.351 e. The molecule has 0 aliphatic heterocycles. The number of carbonyl (C=O) groups is 1. The highest BCUT2D eigenvalue weighted by Gasteiger charge is 2.20. The molecule has 1 aliphatic rings.